The molecule has 5 heteroatoms. The van der Waals surface area contributed by atoms with Gasteiger partial charge in [0.1, 0.15) is 5.82 Å². The highest BCUT2D eigenvalue weighted by Crippen LogP contribution is 2.27. The average molecular weight is 256 g/mol. The van der Waals surface area contributed by atoms with Gasteiger partial charge in [0.15, 0.2) is 0 Å². The van der Waals surface area contributed by atoms with Gasteiger partial charge in [-0.2, -0.15) is 0 Å². The normalized spacial score (nSPS) is 16.6. The number of carbonyl (C=O) groups excluding carboxylic acids is 1. The lowest BCUT2D eigenvalue weighted by atomic mass is 9.85. The molecule has 1 aliphatic rings. The molecule has 1 aromatic rings. The molecular formula is C12H18ClN3O. The Morgan fingerprint density at radius 1 is 1.59 bits per heavy atom. The van der Waals surface area contributed by atoms with Gasteiger partial charge >= 0.3 is 0 Å². The van der Waals surface area contributed by atoms with E-state index >= 15 is 0 Å². The number of halogens is 1. The minimum Gasteiger partial charge on any atom is -0.324 e. The maximum atomic E-state index is 11.7. The molecule has 0 aromatic carbocycles. The fraction of sp³-hybridized carbons (Fsp3) is 0.500. The summed E-state index contributed by atoms with van der Waals surface area (Å²) >= 11 is 0. The van der Waals surface area contributed by atoms with E-state index in [9.17, 15) is 4.79 Å². The molecule has 0 radical (unpaired) electrons. The highest BCUT2D eigenvalue weighted by molar-refractivity contribution is 5.92. The number of hydrogen-bond donors (Lipinski definition) is 2. The fourth-order valence-corrected chi connectivity index (χ4v) is 1.70. The average Bonchev–Trinajstić information content (AvgIpc) is 2.15. The van der Waals surface area contributed by atoms with E-state index in [1.54, 1.807) is 6.20 Å². The molecule has 3 N–H and O–H groups in total. The molecule has 1 fully saturated rings. The molecule has 17 heavy (non-hydrogen) atoms. The first-order valence-electron chi connectivity index (χ1n) is 5.69. The van der Waals surface area contributed by atoms with Gasteiger partial charge in [0.2, 0.25) is 5.91 Å². The summed E-state index contributed by atoms with van der Waals surface area (Å²) < 4.78 is 0. The Morgan fingerprint density at radius 2 is 2.29 bits per heavy atom. The lowest BCUT2D eigenvalue weighted by Gasteiger charge is -2.23. The maximum absolute atomic E-state index is 11.7. The zero-order valence-electron chi connectivity index (χ0n) is 9.85. The van der Waals surface area contributed by atoms with E-state index in [4.69, 9.17) is 5.73 Å². The molecule has 1 aliphatic carbocycles. The van der Waals surface area contributed by atoms with Gasteiger partial charge in [-0.25, -0.2) is 4.98 Å². The van der Waals surface area contributed by atoms with Gasteiger partial charge in [-0.1, -0.05) is 6.42 Å². The molecule has 0 aliphatic heterocycles. The van der Waals surface area contributed by atoms with Crippen LogP contribution in [0.4, 0.5) is 5.82 Å². The number of pyridine rings is 1. The summed E-state index contributed by atoms with van der Waals surface area (Å²) in [6.45, 7) is 1.91. The molecule has 94 valence electrons. The molecule has 0 spiro atoms. The molecule has 1 heterocycles. The molecule has 1 aromatic heterocycles. The lowest BCUT2D eigenvalue weighted by Crippen LogP contribution is -2.28. The number of hydrogen-bond acceptors (Lipinski definition) is 3. The van der Waals surface area contributed by atoms with E-state index in [2.05, 4.69) is 10.3 Å². The second-order valence-electron chi connectivity index (χ2n) is 4.38. The van der Waals surface area contributed by atoms with Crippen molar-refractivity contribution in [3.8, 4) is 0 Å². The SMILES string of the molecule is CC(N)c1ccnc(NC(=O)C2CCC2)c1.Cl. The Bertz CT molecular complexity index is 391. The van der Waals surface area contributed by atoms with Crippen molar-refractivity contribution >= 4 is 24.1 Å². The number of nitrogens with one attached hydrogen (secondary N) is 1. The number of aromatic nitrogens is 1. The van der Waals surface area contributed by atoms with Gasteiger partial charge in [-0.15, -0.1) is 12.4 Å². The molecule has 0 bridgehead atoms. The van der Waals surface area contributed by atoms with E-state index in [0.717, 1.165) is 24.8 Å². The van der Waals surface area contributed by atoms with E-state index in [-0.39, 0.29) is 30.3 Å². The van der Waals surface area contributed by atoms with Crippen LogP contribution in [-0.2, 0) is 4.79 Å². The van der Waals surface area contributed by atoms with Crippen LogP contribution in [0, 0.1) is 5.92 Å². The standard InChI is InChI=1S/C12H17N3O.ClH/c1-8(13)10-5-6-14-11(7-10)15-12(16)9-3-2-4-9;/h5-9H,2-4,13H2,1H3,(H,14,15,16);1H. The molecule has 1 saturated carbocycles. The van der Waals surface area contributed by atoms with Gasteiger partial charge in [0.05, 0.1) is 0 Å². The number of carbonyl (C=O) groups is 1. The summed E-state index contributed by atoms with van der Waals surface area (Å²) in [5.74, 6) is 0.869. The number of anilines is 1. The summed E-state index contributed by atoms with van der Waals surface area (Å²) in [5.41, 5.74) is 6.76. The minimum atomic E-state index is -0.0395. The number of nitrogens with two attached hydrogens (primary N) is 1. The summed E-state index contributed by atoms with van der Waals surface area (Å²) in [7, 11) is 0. The van der Waals surface area contributed by atoms with Crippen molar-refractivity contribution in [1.29, 1.82) is 0 Å². The largest absolute Gasteiger partial charge is 0.324 e. The Labute approximate surface area is 107 Å². The third-order valence-electron chi connectivity index (χ3n) is 3.04. The van der Waals surface area contributed by atoms with Gasteiger partial charge < -0.3 is 11.1 Å². The second kappa shape index (κ2) is 5.98. The van der Waals surface area contributed by atoms with Crippen molar-refractivity contribution in [3.05, 3.63) is 23.9 Å². The van der Waals surface area contributed by atoms with Gasteiger partial charge in [-0.3, -0.25) is 4.79 Å². The highest BCUT2D eigenvalue weighted by Gasteiger charge is 2.25. The molecular weight excluding hydrogens is 238 g/mol. The molecule has 4 nitrogen and oxygen atoms in total. The Morgan fingerprint density at radius 3 is 2.82 bits per heavy atom. The van der Waals surface area contributed by atoms with Crippen molar-refractivity contribution in [2.45, 2.75) is 32.2 Å². The van der Waals surface area contributed by atoms with Gasteiger partial charge in [-0.05, 0) is 37.5 Å². The van der Waals surface area contributed by atoms with Gasteiger partial charge in [0, 0.05) is 18.2 Å². The van der Waals surface area contributed by atoms with Crippen LogP contribution >= 0.6 is 12.4 Å². The molecule has 1 atom stereocenters. The quantitative estimate of drug-likeness (QED) is 0.871. The van der Waals surface area contributed by atoms with Crippen LogP contribution in [0.1, 0.15) is 37.8 Å². The predicted octanol–water partition coefficient (Wildman–Crippen LogP) is 2.26. The van der Waals surface area contributed by atoms with Crippen LogP contribution in [0.25, 0.3) is 0 Å². The number of rotatable bonds is 3. The van der Waals surface area contributed by atoms with Crippen LogP contribution in [0.2, 0.25) is 0 Å². The second-order valence-corrected chi connectivity index (χ2v) is 4.38. The zero-order chi connectivity index (χ0) is 11.5. The Hall–Kier alpha value is -1.13. The van der Waals surface area contributed by atoms with E-state index in [1.165, 1.54) is 0 Å². The summed E-state index contributed by atoms with van der Waals surface area (Å²) in [6, 6.07) is 3.66. The fourth-order valence-electron chi connectivity index (χ4n) is 1.70. The maximum Gasteiger partial charge on any atom is 0.228 e. The monoisotopic (exact) mass is 255 g/mol. The number of nitrogens with zero attached hydrogens (tertiary/aromatic N) is 1. The minimum absolute atomic E-state index is 0. The van der Waals surface area contributed by atoms with E-state index < -0.39 is 0 Å². The van der Waals surface area contributed by atoms with Crippen LogP contribution in [-0.4, -0.2) is 10.9 Å². The van der Waals surface area contributed by atoms with Crippen LogP contribution in [0.5, 0.6) is 0 Å². The predicted molar refractivity (Wildman–Crippen MR) is 70.1 cm³/mol. The Balaban J connectivity index is 0.00000144. The summed E-state index contributed by atoms with van der Waals surface area (Å²) in [6.07, 6.45) is 4.83. The summed E-state index contributed by atoms with van der Waals surface area (Å²) in [4.78, 5) is 15.8. The van der Waals surface area contributed by atoms with Crippen molar-refractivity contribution < 1.29 is 4.79 Å². The van der Waals surface area contributed by atoms with Crippen molar-refractivity contribution in [2.75, 3.05) is 5.32 Å². The third kappa shape index (κ3) is 3.41. The first kappa shape index (κ1) is 13.9. The molecule has 1 amide bonds. The highest BCUT2D eigenvalue weighted by atomic mass is 35.5. The van der Waals surface area contributed by atoms with Crippen LogP contribution in [0.15, 0.2) is 18.3 Å². The Kier molecular flexibility index (Phi) is 4.90. The molecule has 1 unspecified atom stereocenters. The third-order valence-corrected chi connectivity index (χ3v) is 3.04. The van der Waals surface area contributed by atoms with E-state index in [0.29, 0.717) is 5.82 Å². The number of amides is 1. The first-order valence-corrected chi connectivity index (χ1v) is 5.69. The molecule has 2 rings (SSSR count). The van der Waals surface area contributed by atoms with Crippen molar-refractivity contribution in [2.24, 2.45) is 11.7 Å². The zero-order valence-corrected chi connectivity index (χ0v) is 10.7. The molecule has 0 saturated heterocycles. The first-order chi connectivity index (χ1) is 7.66. The lowest BCUT2D eigenvalue weighted by molar-refractivity contribution is -0.122. The van der Waals surface area contributed by atoms with Crippen LogP contribution < -0.4 is 11.1 Å². The summed E-state index contributed by atoms with van der Waals surface area (Å²) in [5, 5.41) is 2.83. The van der Waals surface area contributed by atoms with Crippen molar-refractivity contribution in [1.82, 2.24) is 4.98 Å². The smallest absolute Gasteiger partial charge is 0.228 e. The van der Waals surface area contributed by atoms with Crippen LogP contribution in [0.3, 0.4) is 0 Å². The van der Waals surface area contributed by atoms with Crippen molar-refractivity contribution in [3.63, 3.8) is 0 Å². The topological polar surface area (TPSA) is 68.0 Å². The van der Waals surface area contributed by atoms with E-state index in [1.807, 2.05) is 19.1 Å². The van der Waals surface area contributed by atoms with Gasteiger partial charge in [0.25, 0.3) is 0 Å².